The van der Waals surface area contributed by atoms with Crippen molar-refractivity contribution in [3.8, 4) is 17.2 Å². The van der Waals surface area contributed by atoms with Gasteiger partial charge < -0.3 is 24.4 Å². The van der Waals surface area contributed by atoms with E-state index in [1.54, 1.807) is 19.1 Å². The van der Waals surface area contributed by atoms with Crippen molar-refractivity contribution < 1.29 is 23.8 Å². The molecule has 186 valence electrons. The van der Waals surface area contributed by atoms with Gasteiger partial charge in [-0.3, -0.25) is 9.59 Å². The minimum Gasteiger partial charge on any atom is -0.497 e. The number of hydrogen-bond acceptors (Lipinski definition) is 5. The lowest BCUT2D eigenvalue weighted by atomic mass is 10.1. The van der Waals surface area contributed by atoms with Crippen LogP contribution in [0, 0.1) is 0 Å². The fourth-order valence-electron chi connectivity index (χ4n) is 3.52. The first-order valence-electron chi connectivity index (χ1n) is 11.9. The van der Waals surface area contributed by atoms with E-state index in [9.17, 15) is 9.59 Å². The van der Waals surface area contributed by atoms with Crippen LogP contribution in [0.4, 0.5) is 0 Å². The standard InChI is InChI=1S/C27H38N2O5/c1-6-20(3)28-27(31)25(7-2)29(19-21-10-12-22(32-4)13-11-21)26(30)9-8-18-34-24-16-14-23(33-5)15-17-24/h10-17,20,25H,6-9,18-19H2,1-5H3,(H,28,31)/t20-,25-/m0/s1. The molecule has 0 saturated heterocycles. The van der Waals surface area contributed by atoms with Crippen molar-refractivity contribution in [2.24, 2.45) is 0 Å². The minimum absolute atomic E-state index is 0.0531. The smallest absolute Gasteiger partial charge is 0.243 e. The van der Waals surface area contributed by atoms with Gasteiger partial charge in [0.25, 0.3) is 0 Å². The number of benzene rings is 2. The van der Waals surface area contributed by atoms with E-state index in [0.717, 1.165) is 29.2 Å². The molecule has 0 aliphatic heterocycles. The van der Waals surface area contributed by atoms with Gasteiger partial charge in [-0.2, -0.15) is 0 Å². The quantitative estimate of drug-likeness (QED) is 0.409. The molecule has 34 heavy (non-hydrogen) atoms. The van der Waals surface area contributed by atoms with Crippen molar-refractivity contribution in [1.29, 1.82) is 0 Å². The Morgan fingerprint density at radius 1 is 0.882 bits per heavy atom. The van der Waals surface area contributed by atoms with Crippen LogP contribution in [0.1, 0.15) is 52.0 Å². The molecule has 2 amide bonds. The number of carbonyl (C=O) groups is 2. The van der Waals surface area contributed by atoms with Gasteiger partial charge in [-0.15, -0.1) is 0 Å². The van der Waals surface area contributed by atoms with Gasteiger partial charge in [-0.05, 0) is 68.1 Å². The molecule has 0 unspecified atom stereocenters. The molecule has 7 nitrogen and oxygen atoms in total. The van der Waals surface area contributed by atoms with Crippen LogP contribution >= 0.6 is 0 Å². The summed E-state index contributed by atoms with van der Waals surface area (Å²) in [7, 11) is 3.23. The van der Waals surface area contributed by atoms with Crippen LogP contribution in [0.5, 0.6) is 17.2 Å². The molecule has 2 atom stereocenters. The SMILES string of the molecule is CC[C@H](C)NC(=O)[C@H](CC)N(Cc1ccc(OC)cc1)C(=O)CCCOc1ccc(OC)cc1. The summed E-state index contributed by atoms with van der Waals surface area (Å²) in [6.07, 6.45) is 2.20. The van der Waals surface area contributed by atoms with Crippen LogP contribution in [-0.4, -0.2) is 49.6 Å². The molecule has 1 N–H and O–H groups in total. The van der Waals surface area contributed by atoms with E-state index >= 15 is 0 Å². The number of rotatable bonds is 14. The summed E-state index contributed by atoms with van der Waals surface area (Å²) < 4.78 is 16.1. The number of nitrogens with zero attached hydrogens (tertiary/aromatic N) is 1. The summed E-state index contributed by atoms with van der Waals surface area (Å²) in [5.74, 6) is 2.05. The van der Waals surface area contributed by atoms with Gasteiger partial charge >= 0.3 is 0 Å². The summed E-state index contributed by atoms with van der Waals surface area (Å²) in [5.41, 5.74) is 0.943. The molecule has 2 rings (SSSR count). The Morgan fingerprint density at radius 3 is 1.97 bits per heavy atom. The van der Waals surface area contributed by atoms with Crippen LogP contribution in [0.3, 0.4) is 0 Å². The molecule has 7 heteroatoms. The summed E-state index contributed by atoms with van der Waals surface area (Å²) in [5, 5.41) is 3.03. The lowest BCUT2D eigenvalue weighted by Crippen LogP contribution is -2.50. The molecule has 0 fully saturated rings. The second-order valence-electron chi connectivity index (χ2n) is 8.24. The highest BCUT2D eigenvalue weighted by Gasteiger charge is 2.29. The van der Waals surface area contributed by atoms with Crippen molar-refractivity contribution in [3.05, 3.63) is 54.1 Å². The van der Waals surface area contributed by atoms with Gasteiger partial charge in [0.05, 0.1) is 20.8 Å². The number of hydrogen-bond donors (Lipinski definition) is 1. The fourth-order valence-corrected chi connectivity index (χ4v) is 3.52. The van der Waals surface area contributed by atoms with Crippen LogP contribution in [0.2, 0.25) is 0 Å². The van der Waals surface area contributed by atoms with Crippen molar-refractivity contribution in [2.75, 3.05) is 20.8 Å². The van der Waals surface area contributed by atoms with Gasteiger partial charge in [0, 0.05) is 19.0 Å². The Hall–Kier alpha value is -3.22. The number of nitrogens with one attached hydrogen (secondary N) is 1. The van der Waals surface area contributed by atoms with E-state index in [1.807, 2.05) is 69.3 Å². The molecule has 0 heterocycles. The highest BCUT2D eigenvalue weighted by molar-refractivity contribution is 5.87. The van der Waals surface area contributed by atoms with E-state index in [1.165, 1.54) is 0 Å². The van der Waals surface area contributed by atoms with E-state index in [4.69, 9.17) is 14.2 Å². The lowest BCUT2D eigenvalue weighted by molar-refractivity contribution is -0.141. The maximum absolute atomic E-state index is 13.3. The van der Waals surface area contributed by atoms with Crippen LogP contribution < -0.4 is 19.5 Å². The predicted molar refractivity (Wildman–Crippen MR) is 133 cm³/mol. The first-order valence-corrected chi connectivity index (χ1v) is 11.9. The average molecular weight is 471 g/mol. The fraction of sp³-hybridized carbons (Fsp3) is 0.481. The number of carbonyl (C=O) groups excluding carboxylic acids is 2. The van der Waals surface area contributed by atoms with E-state index < -0.39 is 6.04 Å². The van der Waals surface area contributed by atoms with Crippen molar-refractivity contribution in [3.63, 3.8) is 0 Å². The molecular weight excluding hydrogens is 432 g/mol. The van der Waals surface area contributed by atoms with Gasteiger partial charge in [-0.1, -0.05) is 26.0 Å². The highest BCUT2D eigenvalue weighted by Crippen LogP contribution is 2.19. The Morgan fingerprint density at radius 2 is 1.44 bits per heavy atom. The molecule has 0 aliphatic rings. The summed E-state index contributed by atoms with van der Waals surface area (Å²) in [6, 6.07) is 14.4. The third-order valence-corrected chi connectivity index (χ3v) is 5.76. The molecular formula is C27H38N2O5. The van der Waals surface area contributed by atoms with Crippen molar-refractivity contribution in [2.45, 2.75) is 65.1 Å². The number of amides is 2. The summed E-state index contributed by atoms with van der Waals surface area (Å²) in [6.45, 7) is 6.69. The first-order chi connectivity index (χ1) is 16.4. The third-order valence-electron chi connectivity index (χ3n) is 5.76. The zero-order chi connectivity index (χ0) is 24.9. The van der Waals surface area contributed by atoms with Crippen LogP contribution in [0.15, 0.2) is 48.5 Å². The zero-order valence-corrected chi connectivity index (χ0v) is 21.0. The van der Waals surface area contributed by atoms with Gasteiger partial charge in [0.15, 0.2) is 0 Å². The van der Waals surface area contributed by atoms with Crippen molar-refractivity contribution >= 4 is 11.8 Å². The molecule has 0 bridgehead atoms. The Bertz CT molecular complexity index is 883. The van der Waals surface area contributed by atoms with E-state index in [-0.39, 0.29) is 17.9 Å². The monoisotopic (exact) mass is 470 g/mol. The Kier molecular flexibility index (Phi) is 11.2. The molecule has 0 aliphatic carbocycles. The topological polar surface area (TPSA) is 77.1 Å². The first kappa shape index (κ1) is 27.0. The number of ether oxygens (including phenoxy) is 3. The normalized spacial score (nSPS) is 12.4. The highest BCUT2D eigenvalue weighted by atomic mass is 16.5. The van der Waals surface area contributed by atoms with Crippen LogP contribution in [0.25, 0.3) is 0 Å². The summed E-state index contributed by atoms with van der Waals surface area (Å²) in [4.78, 5) is 27.9. The van der Waals surface area contributed by atoms with E-state index in [2.05, 4.69) is 5.32 Å². The maximum atomic E-state index is 13.3. The largest absolute Gasteiger partial charge is 0.497 e. The van der Waals surface area contributed by atoms with Gasteiger partial charge in [-0.25, -0.2) is 0 Å². The second kappa shape index (κ2) is 14.1. The molecule has 0 radical (unpaired) electrons. The molecule has 0 saturated carbocycles. The predicted octanol–water partition coefficient (Wildman–Crippen LogP) is 4.58. The zero-order valence-electron chi connectivity index (χ0n) is 21.0. The molecule has 2 aromatic rings. The molecule has 0 aromatic heterocycles. The van der Waals surface area contributed by atoms with Crippen molar-refractivity contribution in [1.82, 2.24) is 10.2 Å². The summed E-state index contributed by atoms with van der Waals surface area (Å²) >= 11 is 0. The average Bonchev–Trinajstić information content (AvgIpc) is 2.86. The molecule has 0 spiro atoms. The lowest BCUT2D eigenvalue weighted by Gasteiger charge is -2.31. The second-order valence-corrected chi connectivity index (χ2v) is 8.24. The van der Waals surface area contributed by atoms with E-state index in [0.29, 0.717) is 32.4 Å². The molecule has 2 aromatic carbocycles. The Labute approximate surface area is 203 Å². The van der Waals surface area contributed by atoms with Crippen LogP contribution in [-0.2, 0) is 16.1 Å². The third kappa shape index (κ3) is 8.28. The Balaban J connectivity index is 2.05. The minimum atomic E-state index is -0.536. The van der Waals surface area contributed by atoms with Gasteiger partial charge in [0.1, 0.15) is 23.3 Å². The maximum Gasteiger partial charge on any atom is 0.243 e. The number of methoxy groups -OCH3 is 2. The van der Waals surface area contributed by atoms with Gasteiger partial charge in [0.2, 0.25) is 11.8 Å².